The zero-order valence-corrected chi connectivity index (χ0v) is 22.9. The van der Waals surface area contributed by atoms with Crippen molar-refractivity contribution in [3.8, 4) is 21.9 Å². The molecule has 1 amide bonds. The van der Waals surface area contributed by atoms with Gasteiger partial charge in [-0.1, -0.05) is 50.4 Å². The molecule has 2 aliphatic rings. The molecule has 0 unspecified atom stereocenters. The van der Waals surface area contributed by atoms with E-state index in [0.717, 1.165) is 44.7 Å². The van der Waals surface area contributed by atoms with Gasteiger partial charge in [-0.3, -0.25) is 9.59 Å². The first-order valence-corrected chi connectivity index (χ1v) is 13.7. The van der Waals surface area contributed by atoms with Crippen molar-refractivity contribution in [1.29, 1.82) is 0 Å². The molecule has 0 radical (unpaired) electrons. The molecule has 0 spiro atoms. The standard InChI is InChI=1S/C24H22ClNO3S.C5H10O2/c1-28-21-13-19(8-9-20(21)29-11-10-15-2-3-15)26-14-17-12-22(30-23(17)24(26)27)16-4-6-18(25)7-5-16;1-4(2)3-5(6)7/h4-9,12-13,15H,2-3,10-11,14H2,1H3;4H,3H2,1-2H3,(H,6,7). The number of carboxylic acid groups (broad SMARTS) is 1. The number of ether oxygens (including phenoxy) is 2. The Morgan fingerprint density at radius 2 is 1.86 bits per heavy atom. The first-order chi connectivity index (χ1) is 17.7. The Bertz CT molecular complexity index is 1250. The lowest BCUT2D eigenvalue weighted by molar-refractivity contribution is -0.137. The Morgan fingerprint density at radius 1 is 1.14 bits per heavy atom. The molecule has 1 aromatic heterocycles. The van der Waals surface area contributed by atoms with E-state index in [-0.39, 0.29) is 18.2 Å². The number of hydrogen-bond donors (Lipinski definition) is 1. The van der Waals surface area contributed by atoms with E-state index in [9.17, 15) is 9.59 Å². The highest BCUT2D eigenvalue weighted by atomic mass is 35.5. The van der Waals surface area contributed by atoms with Crippen molar-refractivity contribution in [1.82, 2.24) is 0 Å². The molecule has 37 heavy (non-hydrogen) atoms. The number of carbonyl (C=O) groups is 2. The van der Waals surface area contributed by atoms with Gasteiger partial charge in [-0.2, -0.15) is 0 Å². The van der Waals surface area contributed by atoms with Crippen LogP contribution < -0.4 is 14.4 Å². The van der Waals surface area contributed by atoms with E-state index in [1.807, 2.05) is 56.3 Å². The molecule has 0 atom stereocenters. The van der Waals surface area contributed by atoms with Gasteiger partial charge in [0.1, 0.15) is 0 Å². The second kappa shape index (κ2) is 12.0. The number of nitrogens with zero attached hydrogens (tertiary/aromatic N) is 1. The van der Waals surface area contributed by atoms with Crippen LogP contribution in [0.3, 0.4) is 0 Å². The van der Waals surface area contributed by atoms with Gasteiger partial charge in [-0.25, -0.2) is 0 Å². The predicted octanol–water partition coefficient (Wildman–Crippen LogP) is 7.53. The highest BCUT2D eigenvalue weighted by Gasteiger charge is 2.32. The van der Waals surface area contributed by atoms with Crippen LogP contribution in [0, 0.1) is 11.8 Å². The third-order valence-corrected chi connectivity index (χ3v) is 7.69. The van der Waals surface area contributed by atoms with Gasteiger partial charge < -0.3 is 19.5 Å². The minimum absolute atomic E-state index is 0.0275. The monoisotopic (exact) mass is 541 g/mol. The molecule has 0 bridgehead atoms. The van der Waals surface area contributed by atoms with E-state index in [1.165, 1.54) is 24.2 Å². The normalized spacial score (nSPS) is 14.3. The SMILES string of the molecule is CC(C)CC(=O)O.COc1cc(N2Cc3cc(-c4ccc(Cl)cc4)sc3C2=O)ccc1OCCC1CC1. The Balaban J connectivity index is 0.000000405. The number of anilines is 1. The third-order valence-electron chi connectivity index (χ3n) is 6.23. The van der Waals surface area contributed by atoms with Crippen molar-refractivity contribution in [3.05, 3.63) is 64.0 Å². The van der Waals surface area contributed by atoms with E-state index in [4.69, 9.17) is 26.2 Å². The molecule has 3 aromatic rings. The summed E-state index contributed by atoms with van der Waals surface area (Å²) in [5, 5.41) is 8.79. The summed E-state index contributed by atoms with van der Waals surface area (Å²) in [6.07, 6.45) is 4.01. The van der Waals surface area contributed by atoms with Gasteiger partial charge in [0.25, 0.3) is 5.91 Å². The largest absolute Gasteiger partial charge is 0.493 e. The van der Waals surface area contributed by atoms with Crippen LogP contribution in [0.5, 0.6) is 11.5 Å². The van der Waals surface area contributed by atoms with Crippen molar-refractivity contribution in [3.63, 3.8) is 0 Å². The van der Waals surface area contributed by atoms with Crippen LogP contribution in [0.1, 0.15) is 54.8 Å². The second-order valence-corrected chi connectivity index (χ2v) is 11.3. The Hall–Kier alpha value is -3.03. The van der Waals surface area contributed by atoms with Gasteiger partial charge in [-0.05, 0) is 59.7 Å². The molecule has 1 fully saturated rings. The molecule has 5 rings (SSSR count). The summed E-state index contributed by atoms with van der Waals surface area (Å²) in [5.74, 6) is 1.81. The molecule has 1 aliphatic carbocycles. The lowest BCUT2D eigenvalue weighted by atomic mass is 10.1. The van der Waals surface area contributed by atoms with Crippen LogP contribution in [0.2, 0.25) is 5.02 Å². The molecule has 2 aromatic carbocycles. The number of aliphatic carboxylic acids is 1. The number of carbonyl (C=O) groups excluding carboxylic acids is 1. The molecular formula is C29H32ClNO5S. The maximum atomic E-state index is 13.1. The molecule has 0 saturated heterocycles. The van der Waals surface area contributed by atoms with Gasteiger partial charge in [0, 0.05) is 28.1 Å². The summed E-state index contributed by atoms with van der Waals surface area (Å²) >= 11 is 7.52. The molecule has 8 heteroatoms. The smallest absolute Gasteiger partial charge is 0.303 e. The Kier molecular flexibility index (Phi) is 8.77. The van der Waals surface area contributed by atoms with Crippen LogP contribution in [0.4, 0.5) is 5.69 Å². The summed E-state index contributed by atoms with van der Waals surface area (Å²) in [6.45, 7) is 5.03. The van der Waals surface area contributed by atoms with Crippen molar-refractivity contribution >= 4 is 40.5 Å². The Morgan fingerprint density at radius 3 is 2.43 bits per heavy atom. The van der Waals surface area contributed by atoms with Gasteiger partial charge in [-0.15, -0.1) is 11.3 Å². The number of rotatable bonds is 9. The fraction of sp³-hybridized carbons (Fsp3) is 0.379. The first-order valence-electron chi connectivity index (χ1n) is 12.5. The third kappa shape index (κ3) is 7.05. The summed E-state index contributed by atoms with van der Waals surface area (Å²) in [5.41, 5.74) is 2.95. The highest BCUT2D eigenvalue weighted by Crippen LogP contribution is 2.41. The number of hydrogen-bond acceptors (Lipinski definition) is 5. The van der Waals surface area contributed by atoms with Gasteiger partial charge >= 0.3 is 5.97 Å². The molecule has 196 valence electrons. The average molecular weight is 542 g/mol. The highest BCUT2D eigenvalue weighted by molar-refractivity contribution is 7.17. The molecule has 2 heterocycles. The fourth-order valence-electron chi connectivity index (χ4n) is 4.09. The van der Waals surface area contributed by atoms with Crippen LogP contribution in [-0.4, -0.2) is 30.7 Å². The molecule has 6 nitrogen and oxygen atoms in total. The minimum atomic E-state index is -0.713. The van der Waals surface area contributed by atoms with Crippen molar-refractivity contribution in [2.24, 2.45) is 11.8 Å². The van der Waals surface area contributed by atoms with E-state index >= 15 is 0 Å². The quantitative estimate of drug-likeness (QED) is 0.303. The van der Waals surface area contributed by atoms with Crippen LogP contribution >= 0.6 is 22.9 Å². The fourth-order valence-corrected chi connectivity index (χ4v) is 5.34. The zero-order chi connectivity index (χ0) is 26.5. The molecule has 1 N–H and O–H groups in total. The number of benzene rings is 2. The second-order valence-electron chi connectivity index (χ2n) is 9.77. The van der Waals surface area contributed by atoms with Crippen molar-refractivity contribution < 1.29 is 24.2 Å². The van der Waals surface area contributed by atoms with Gasteiger partial charge in [0.05, 0.1) is 25.1 Å². The summed E-state index contributed by atoms with van der Waals surface area (Å²) in [4.78, 5) is 26.6. The number of fused-ring (bicyclic) bond motifs is 1. The summed E-state index contributed by atoms with van der Waals surface area (Å²) < 4.78 is 11.4. The van der Waals surface area contributed by atoms with Gasteiger partial charge in [0.2, 0.25) is 0 Å². The summed E-state index contributed by atoms with van der Waals surface area (Å²) in [6, 6.07) is 15.5. The number of halogens is 1. The van der Waals surface area contributed by atoms with Crippen molar-refractivity contribution in [2.45, 2.75) is 46.1 Å². The first kappa shape index (κ1) is 27.0. The lowest BCUT2D eigenvalue weighted by Crippen LogP contribution is -2.23. The summed E-state index contributed by atoms with van der Waals surface area (Å²) in [7, 11) is 1.63. The molecular weight excluding hydrogens is 510 g/mol. The maximum absolute atomic E-state index is 13.1. The van der Waals surface area contributed by atoms with E-state index in [1.54, 1.807) is 12.0 Å². The van der Waals surface area contributed by atoms with Gasteiger partial charge in [0.15, 0.2) is 11.5 Å². The number of carboxylic acids is 1. The number of methoxy groups -OCH3 is 1. The topological polar surface area (TPSA) is 76.1 Å². The van der Waals surface area contributed by atoms with Crippen molar-refractivity contribution in [2.75, 3.05) is 18.6 Å². The van der Waals surface area contributed by atoms with Crippen LogP contribution in [-0.2, 0) is 11.3 Å². The van der Waals surface area contributed by atoms with E-state index in [2.05, 4.69) is 6.07 Å². The molecule has 1 saturated carbocycles. The molecule has 1 aliphatic heterocycles. The number of thiophene rings is 1. The van der Waals surface area contributed by atoms with E-state index < -0.39 is 5.97 Å². The zero-order valence-electron chi connectivity index (χ0n) is 21.3. The van der Waals surface area contributed by atoms with E-state index in [0.29, 0.717) is 23.9 Å². The van der Waals surface area contributed by atoms with Crippen LogP contribution in [0.25, 0.3) is 10.4 Å². The maximum Gasteiger partial charge on any atom is 0.303 e. The minimum Gasteiger partial charge on any atom is -0.493 e. The number of amides is 1. The van der Waals surface area contributed by atoms with Crippen LogP contribution in [0.15, 0.2) is 48.5 Å². The average Bonchev–Trinajstić information content (AvgIpc) is 3.50. The predicted molar refractivity (Wildman–Crippen MR) is 148 cm³/mol. The Labute approximate surface area is 226 Å². The lowest BCUT2D eigenvalue weighted by Gasteiger charge is -2.18.